The van der Waals surface area contributed by atoms with Gasteiger partial charge in [-0.1, -0.05) is 52.7 Å². The van der Waals surface area contributed by atoms with E-state index in [4.69, 9.17) is 0 Å². The van der Waals surface area contributed by atoms with Gasteiger partial charge in [0.1, 0.15) is 6.54 Å². The number of rotatable bonds is 11. The Labute approximate surface area is 184 Å². The van der Waals surface area contributed by atoms with Gasteiger partial charge in [0.15, 0.2) is 11.0 Å². The minimum atomic E-state index is 0.937. The number of fused-ring (bicyclic) bond motifs is 1. The molecule has 0 fully saturated rings. The molecule has 0 aliphatic carbocycles. The molecule has 0 N–H and O–H groups in total. The largest absolute Gasteiger partial charge is 0.244 e. The Hall–Kier alpha value is -2.35. The van der Waals surface area contributed by atoms with Crippen LogP contribution in [-0.4, -0.2) is 4.57 Å². The van der Waals surface area contributed by atoms with Crippen molar-refractivity contribution in [3.63, 3.8) is 0 Å². The van der Waals surface area contributed by atoms with E-state index >= 15 is 0 Å². The van der Waals surface area contributed by atoms with Crippen molar-refractivity contribution in [1.29, 1.82) is 0 Å². The first-order valence-electron chi connectivity index (χ1n) is 11.4. The third-order valence-electron chi connectivity index (χ3n) is 5.67. The summed E-state index contributed by atoms with van der Waals surface area (Å²) >= 11 is 0. The van der Waals surface area contributed by atoms with Crippen molar-refractivity contribution in [2.24, 2.45) is 7.05 Å². The van der Waals surface area contributed by atoms with Crippen LogP contribution in [0.3, 0.4) is 0 Å². The molecule has 1 aromatic carbocycles. The fraction of sp³-hybridized carbons (Fsp3) is 0.464. The maximum absolute atomic E-state index is 2.43. The van der Waals surface area contributed by atoms with Gasteiger partial charge in [0.05, 0.1) is 7.05 Å². The molecule has 1 heterocycles. The topological polar surface area (TPSA) is 8.81 Å². The van der Waals surface area contributed by atoms with Crippen LogP contribution in [0.2, 0.25) is 0 Å². The molecular formula is C28H41N2+. The van der Waals surface area contributed by atoms with E-state index in [-0.39, 0.29) is 0 Å². The molecule has 1 aromatic heterocycles. The number of hydrogen-bond acceptors (Lipinski definition) is 0. The van der Waals surface area contributed by atoms with E-state index < -0.39 is 0 Å². The standard InChI is InChI=1S/C28H41N2/c1-23(2)12-9-13-24(3)14-10-15-25(4)16-11-17-26(5)20-21-30-22-29(6)27-18-7-8-19-28(27)30/h7-8,12,14,16,18-20,22H,9-11,13,15,17,21H2,1-6H3/q+1/b24-14+,25-16+,26-20+. The lowest BCUT2D eigenvalue weighted by molar-refractivity contribution is -0.645. The fourth-order valence-corrected chi connectivity index (χ4v) is 3.73. The first-order chi connectivity index (χ1) is 14.4. The second-order valence-corrected chi connectivity index (χ2v) is 8.92. The maximum Gasteiger partial charge on any atom is 0.244 e. The summed E-state index contributed by atoms with van der Waals surface area (Å²) in [6.45, 7) is 12.1. The van der Waals surface area contributed by atoms with Crippen molar-refractivity contribution >= 4 is 11.0 Å². The average Bonchev–Trinajstić information content (AvgIpc) is 3.02. The van der Waals surface area contributed by atoms with Gasteiger partial charge < -0.3 is 0 Å². The minimum Gasteiger partial charge on any atom is -0.233 e. The van der Waals surface area contributed by atoms with Crippen LogP contribution in [-0.2, 0) is 13.6 Å². The highest BCUT2D eigenvalue weighted by molar-refractivity contribution is 5.71. The van der Waals surface area contributed by atoms with Gasteiger partial charge in [-0.15, -0.1) is 0 Å². The van der Waals surface area contributed by atoms with Gasteiger partial charge in [0.25, 0.3) is 0 Å². The summed E-state index contributed by atoms with van der Waals surface area (Å²) in [5, 5.41) is 0. The molecule has 162 valence electrons. The summed E-state index contributed by atoms with van der Waals surface area (Å²) in [5.41, 5.74) is 8.49. The van der Waals surface area contributed by atoms with Crippen LogP contribution in [0.15, 0.2) is 77.2 Å². The molecule has 0 spiro atoms. The number of hydrogen-bond donors (Lipinski definition) is 0. The zero-order valence-corrected chi connectivity index (χ0v) is 20.0. The van der Waals surface area contributed by atoms with Crippen molar-refractivity contribution < 1.29 is 4.57 Å². The van der Waals surface area contributed by atoms with Crippen LogP contribution < -0.4 is 4.57 Å². The van der Waals surface area contributed by atoms with Crippen LogP contribution in [0, 0.1) is 0 Å². The highest BCUT2D eigenvalue weighted by atomic mass is 15.1. The highest BCUT2D eigenvalue weighted by Gasteiger charge is 2.10. The maximum atomic E-state index is 2.43. The summed E-state index contributed by atoms with van der Waals surface area (Å²) in [6.07, 6.45) is 18.7. The van der Waals surface area contributed by atoms with Crippen LogP contribution in [0.25, 0.3) is 11.0 Å². The van der Waals surface area contributed by atoms with E-state index in [1.54, 1.807) is 0 Å². The zero-order valence-electron chi connectivity index (χ0n) is 20.0. The molecule has 2 aromatic rings. The second kappa shape index (κ2) is 12.4. The molecule has 2 rings (SSSR count). The molecule has 0 amide bonds. The van der Waals surface area contributed by atoms with Crippen molar-refractivity contribution in [3.8, 4) is 0 Å². The lowest BCUT2D eigenvalue weighted by Gasteiger charge is -2.02. The van der Waals surface area contributed by atoms with Crippen LogP contribution in [0.5, 0.6) is 0 Å². The Kier molecular flexibility index (Phi) is 9.86. The molecule has 0 saturated heterocycles. The minimum absolute atomic E-state index is 0.937. The van der Waals surface area contributed by atoms with Gasteiger partial charge >= 0.3 is 0 Å². The smallest absolute Gasteiger partial charge is 0.233 e. The predicted molar refractivity (Wildman–Crippen MR) is 132 cm³/mol. The van der Waals surface area contributed by atoms with E-state index in [9.17, 15) is 0 Å². The molecule has 0 bridgehead atoms. The molecule has 0 saturated carbocycles. The first-order valence-corrected chi connectivity index (χ1v) is 11.4. The molecule has 0 aliphatic heterocycles. The summed E-state index contributed by atoms with van der Waals surface area (Å²) < 4.78 is 4.52. The molecule has 0 radical (unpaired) electrons. The molecule has 0 atom stereocenters. The van der Waals surface area contributed by atoms with Gasteiger partial charge in [-0.25, -0.2) is 9.13 Å². The van der Waals surface area contributed by atoms with Gasteiger partial charge in [-0.3, -0.25) is 0 Å². The highest BCUT2D eigenvalue weighted by Crippen LogP contribution is 2.15. The number of imidazole rings is 1. The van der Waals surface area contributed by atoms with Crippen molar-refractivity contribution in [2.45, 2.75) is 79.7 Å². The lowest BCUT2D eigenvalue weighted by atomic mass is 10.0. The number of allylic oxidation sites excluding steroid dienone is 8. The van der Waals surface area contributed by atoms with E-state index in [2.05, 4.69) is 106 Å². The molecule has 2 nitrogen and oxygen atoms in total. The second-order valence-electron chi connectivity index (χ2n) is 8.92. The number of nitrogens with zero attached hydrogens (tertiary/aromatic N) is 2. The van der Waals surface area contributed by atoms with Crippen LogP contribution in [0.4, 0.5) is 0 Å². The number of aryl methyl sites for hydroxylation is 1. The van der Waals surface area contributed by atoms with Gasteiger partial charge in [-0.2, -0.15) is 0 Å². The monoisotopic (exact) mass is 405 g/mol. The SMILES string of the molecule is CC(C)=CCC/C(C)=C/CC/C(C)=C/CC/C(C)=C/Cn1c[n+](C)c2ccccc21. The first kappa shape index (κ1) is 23.9. The summed E-state index contributed by atoms with van der Waals surface area (Å²) in [4.78, 5) is 0. The predicted octanol–water partition coefficient (Wildman–Crippen LogP) is 7.61. The number of benzene rings is 1. The Bertz CT molecular complexity index is 931. The fourth-order valence-electron chi connectivity index (χ4n) is 3.73. The summed E-state index contributed by atoms with van der Waals surface area (Å²) in [7, 11) is 2.11. The number of para-hydroxylation sites is 2. The molecule has 30 heavy (non-hydrogen) atoms. The van der Waals surface area contributed by atoms with E-state index in [1.165, 1.54) is 52.6 Å². The normalized spacial score (nSPS) is 13.2. The average molecular weight is 406 g/mol. The Balaban J connectivity index is 1.75. The lowest BCUT2D eigenvalue weighted by Crippen LogP contribution is -2.25. The quantitative estimate of drug-likeness (QED) is 0.269. The Morgan fingerprint density at radius 2 is 1.30 bits per heavy atom. The van der Waals surface area contributed by atoms with Crippen molar-refractivity contribution in [3.05, 3.63) is 77.2 Å². The van der Waals surface area contributed by atoms with Crippen molar-refractivity contribution in [2.75, 3.05) is 0 Å². The molecule has 0 unspecified atom stereocenters. The third kappa shape index (κ3) is 8.18. The zero-order chi connectivity index (χ0) is 21.9. The third-order valence-corrected chi connectivity index (χ3v) is 5.67. The molecule has 0 aliphatic rings. The Morgan fingerprint density at radius 3 is 1.90 bits per heavy atom. The van der Waals surface area contributed by atoms with Gasteiger partial charge in [-0.05, 0) is 91.4 Å². The van der Waals surface area contributed by atoms with Crippen LogP contribution >= 0.6 is 0 Å². The van der Waals surface area contributed by atoms with Gasteiger partial charge in [0.2, 0.25) is 6.33 Å². The van der Waals surface area contributed by atoms with E-state index in [0.29, 0.717) is 0 Å². The Morgan fingerprint density at radius 1 is 0.767 bits per heavy atom. The van der Waals surface area contributed by atoms with E-state index in [0.717, 1.165) is 25.8 Å². The number of aromatic nitrogens is 2. The molecular weight excluding hydrogens is 364 g/mol. The van der Waals surface area contributed by atoms with Crippen LogP contribution in [0.1, 0.15) is 73.1 Å². The van der Waals surface area contributed by atoms with Gasteiger partial charge in [0, 0.05) is 0 Å². The molecule has 2 heteroatoms. The van der Waals surface area contributed by atoms with E-state index in [1.807, 2.05) is 0 Å². The van der Waals surface area contributed by atoms with Crippen molar-refractivity contribution in [1.82, 2.24) is 4.57 Å². The summed E-state index contributed by atoms with van der Waals surface area (Å²) in [6, 6.07) is 8.59. The summed E-state index contributed by atoms with van der Waals surface area (Å²) in [5.74, 6) is 0.